The Bertz CT molecular complexity index is 472. The summed E-state index contributed by atoms with van der Waals surface area (Å²) < 4.78 is 0. The minimum absolute atomic E-state index is 0.310. The van der Waals surface area contributed by atoms with Crippen LogP contribution in [-0.4, -0.2) is 11.1 Å². The van der Waals surface area contributed by atoms with Crippen LogP contribution in [-0.2, 0) is 0 Å². The maximum Gasteiger partial charge on any atom is 0.335 e. The highest BCUT2D eigenvalue weighted by Crippen LogP contribution is 2.12. The van der Waals surface area contributed by atoms with Crippen molar-refractivity contribution in [2.75, 3.05) is 0 Å². The van der Waals surface area contributed by atoms with Crippen LogP contribution in [0.3, 0.4) is 0 Å². The molecule has 1 radical (unpaired) electrons. The summed E-state index contributed by atoms with van der Waals surface area (Å²) >= 11 is 0. The molecule has 0 spiro atoms. The molecule has 0 fully saturated rings. The van der Waals surface area contributed by atoms with Crippen LogP contribution in [0.5, 0.6) is 0 Å². The minimum atomic E-state index is -0.897. The number of carboxylic acids is 1. The Kier molecular flexibility index (Phi) is 3.01. The molecule has 2 aromatic carbocycles. The van der Waals surface area contributed by atoms with Gasteiger partial charge in [0.1, 0.15) is 0 Å². The molecule has 2 heteroatoms. The molecule has 0 unspecified atom stereocenters. The van der Waals surface area contributed by atoms with E-state index in [-0.39, 0.29) is 0 Å². The molecule has 79 valence electrons. The number of hydrogen-bond acceptors (Lipinski definition) is 1. The van der Waals surface area contributed by atoms with Crippen LogP contribution >= 0.6 is 0 Å². The number of aromatic carboxylic acids is 1. The van der Waals surface area contributed by atoms with E-state index >= 15 is 0 Å². The molecule has 0 saturated carbocycles. The van der Waals surface area contributed by atoms with Gasteiger partial charge in [-0.05, 0) is 23.3 Å². The van der Waals surface area contributed by atoms with Crippen molar-refractivity contribution < 1.29 is 9.90 Å². The first-order chi connectivity index (χ1) is 7.75. The fraction of sp³-hybridized carbons (Fsp3) is 0. The van der Waals surface area contributed by atoms with Gasteiger partial charge < -0.3 is 5.11 Å². The quantitative estimate of drug-likeness (QED) is 0.847. The Labute approximate surface area is 94.2 Å². The third-order valence-electron chi connectivity index (χ3n) is 2.29. The minimum Gasteiger partial charge on any atom is -0.478 e. The molecule has 1 N–H and O–H groups in total. The second kappa shape index (κ2) is 4.62. The van der Waals surface area contributed by atoms with Gasteiger partial charge >= 0.3 is 5.97 Å². The van der Waals surface area contributed by atoms with Crippen LogP contribution in [0.1, 0.15) is 21.5 Å². The molecule has 0 amide bonds. The Hall–Kier alpha value is -2.09. The van der Waals surface area contributed by atoms with Crippen LogP contribution in [0.15, 0.2) is 54.6 Å². The van der Waals surface area contributed by atoms with Crippen molar-refractivity contribution in [2.24, 2.45) is 0 Å². The van der Waals surface area contributed by atoms with Crippen molar-refractivity contribution in [3.8, 4) is 0 Å². The van der Waals surface area contributed by atoms with E-state index in [1.807, 2.05) is 36.8 Å². The molecule has 2 rings (SSSR count). The normalized spacial score (nSPS) is 10.0. The van der Waals surface area contributed by atoms with Crippen molar-refractivity contribution in [3.63, 3.8) is 0 Å². The number of carbonyl (C=O) groups is 1. The summed E-state index contributed by atoms with van der Waals surface area (Å²) in [5.74, 6) is -0.897. The van der Waals surface area contributed by atoms with Crippen molar-refractivity contribution in [1.82, 2.24) is 0 Å². The fourth-order valence-corrected chi connectivity index (χ4v) is 1.46. The van der Waals surface area contributed by atoms with Crippen LogP contribution < -0.4 is 0 Å². The van der Waals surface area contributed by atoms with E-state index in [0.717, 1.165) is 11.1 Å². The molecule has 0 bridgehead atoms. The van der Waals surface area contributed by atoms with Gasteiger partial charge in [0, 0.05) is 6.42 Å². The van der Waals surface area contributed by atoms with Gasteiger partial charge in [0.2, 0.25) is 0 Å². The zero-order valence-electron chi connectivity index (χ0n) is 8.63. The largest absolute Gasteiger partial charge is 0.478 e. The highest BCUT2D eigenvalue weighted by molar-refractivity contribution is 5.87. The molecule has 2 aromatic rings. The molecule has 0 aromatic heterocycles. The van der Waals surface area contributed by atoms with Gasteiger partial charge in [-0.1, -0.05) is 42.5 Å². The van der Waals surface area contributed by atoms with Crippen molar-refractivity contribution in [1.29, 1.82) is 0 Å². The SMILES string of the molecule is O=C(O)c1ccc([CH]c2ccccc2)cc1. The molecule has 0 saturated heterocycles. The van der Waals surface area contributed by atoms with Crippen molar-refractivity contribution in [2.45, 2.75) is 0 Å². The lowest BCUT2D eigenvalue weighted by Crippen LogP contribution is -1.95. The van der Waals surface area contributed by atoms with E-state index in [1.54, 1.807) is 24.3 Å². The van der Waals surface area contributed by atoms with E-state index in [1.165, 1.54) is 0 Å². The van der Waals surface area contributed by atoms with E-state index < -0.39 is 5.97 Å². The maximum atomic E-state index is 10.7. The smallest absolute Gasteiger partial charge is 0.335 e. The van der Waals surface area contributed by atoms with Crippen LogP contribution in [0.2, 0.25) is 0 Å². The summed E-state index contributed by atoms with van der Waals surface area (Å²) in [6.45, 7) is 0. The Balaban J connectivity index is 2.14. The zero-order valence-corrected chi connectivity index (χ0v) is 8.63. The van der Waals surface area contributed by atoms with Gasteiger partial charge in [0.25, 0.3) is 0 Å². The lowest BCUT2D eigenvalue weighted by Gasteiger charge is -2.01. The first kappa shape index (κ1) is 10.4. The van der Waals surface area contributed by atoms with Crippen molar-refractivity contribution in [3.05, 3.63) is 77.7 Å². The summed E-state index contributed by atoms with van der Waals surface area (Å²) in [7, 11) is 0. The number of rotatable bonds is 3. The Morgan fingerprint density at radius 3 is 2.00 bits per heavy atom. The summed E-state index contributed by atoms with van der Waals surface area (Å²) in [4.78, 5) is 10.7. The molecule has 0 aliphatic carbocycles. The Morgan fingerprint density at radius 1 is 0.875 bits per heavy atom. The average molecular weight is 211 g/mol. The predicted octanol–water partition coefficient (Wildman–Crippen LogP) is 2.99. The zero-order chi connectivity index (χ0) is 11.4. The summed E-state index contributed by atoms with van der Waals surface area (Å²) in [6, 6.07) is 16.7. The second-order valence-electron chi connectivity index (χ2n) is 3.48. The van der Waals surface area contributed by atoms with Crippen LogP contribution in [0.4, 0.5) is 0 Å². The Morgan fingerprint density at radius 2 is 1.44 bits per heavy atom. The molecule has 0 aliphatic rings. The van der Waals surface area contributed by atoms with Gasteiger partial charge in [-0.15, -0.1) is 0 Å². The van der Waals surface area contributed by atoms with E-state index in [9.17, 15) is 4.79 Å². The summed E-state index contributed by atoms with van der Waals surface area (Å²) in [6.07, 6.45) is 2.01. The van der Waals surface area contributed by atoms with Gasteiger partial charge in [-0.3, -0.25) is 0 Å². The second-order valence-corrected chi connectivity index (χ2v) is 3.48. The molecular weight excluding hydrogens is 200 g/mol. The molecule has 0 aliphatic heterocycles. The standard InChI is InChI=1S/C14H11O2/c15-14(16)13-8-6-12(7-9-13)10-11-4-2-1-3-5-11/h1-10H,(H,15,16). The van der Waals surface area contributed by atoms with Crippen molar-refractivity contribution >= 4 is 5.97 Å². The van der Waals surface area contributed by atoms with E-state index in [4.69, 9.17) is 5.11 Å². The third kappa shape index (κ3) is 2.48. The van der Waals surface area contributed by atoms with E-state index in [2.05, 4.69) is 0 Å². The number of hydrogen-bond donors (Lipinski definition) is 1. The fourth-order valence-electron chi connectivity index (χ4n) is 1.46. The van der Waals surface area contributed by atoms with Crippen LogP contribution in [0.25, 0.3) is 0 Å². The molecule has 2 nitrogen and oxygen atoms in total. The maximum absolute atomic E-state index is 10.7. The van der Waals surface area contributed by atoms with Gasteiger partial charge in [0.15, 0.2) is 0 Å². The first-order valence-corrected chi connectivity index (χ1v) is 4.99. The van der Waals surface area contributed by atoms with Gasteiger partial charge in [-0.25, -0.2) is 4.79 Å². The van der Waals surface area contributed by atoms with Crippen LogP contribution in [0, 0.1) is 6.42 Å². The number of benzene rings is 2. The molecule has 0 atom stereocenters. The third-order valence-corrected chi connectivity index (χ3v) is 2.29. The topological polar surface area (TPSA) is 37.3 Å². The summed E-state index contributed by atoms with van der Waals surface area (Å²) in [5, 5.41) is 8.76. The lowest BCUT2D eigenvalue weighted by molar-refractivity contribution is 0.0697. The monoisotopic (exact) mass is 211 g/mol. The highest BCUT2D eigenvalue weighted by atomic mass is 16.4. The molecule has 16 heavy (non-hydrogen) atoms. The number of carboxylic acid groups (broad SMARTS) is 1. The van der Waals surface area contributed by atoms with E-state index in [0.29, 0.717) is 5.56 Å². The lowest BCUT2D eigenvalue weighted by atomic mass is 10.0. The molecule has 0 heterocycles. The first-order valence-electron chi connectivity index (χ1n) is 4.99. The predicted molar refractivity (Wildman–Crippen MR) is 62.3 cm³/mol. The summed E-state index contributed by atoms with van der Waals surface area (Å²) in [5.41, 5.74) is 2.41. The van der Waals surface area contributed by atoms with Gasteiger partial charge in [-0.2, -0.15) is 0 Å². The average Bonchev–Trinajstić information content (AvgIpc) is 2.31. The van der Waals surface area contributed by atoms with Gasteiger partial charge in [0.05, 0.1) is 5.56 Å². The molecular formula is C14H11O2. The highest BCUT2D eigenvalue weighted by Gasteiger charge is 2.02.